The number of benzene rings is 1. The second-order valence-electron chi connectivity index (χ2n) is 2.83. The number of fused-ring (bicyclic) bond motifs is 1. The summed E-state index contributed by atoms with van der Waals surface area (Å²) >= 11 is 2.12. The standard InChI is InChI=1S/C10H7FINO/c1-14-6-2-7-8(9(11)3-6)4-13-5-10(7)12/h2-5H,1H3. The number of pyridine rings is 1. The molecule has 1 aromatic heterocycles. The van der Waals surface area contributed by atoms with Crippen molar-refractivity contribution in [2.24, 2.45) is 0 Å². The van der Waals surface area contributed by atoms with Crippen molar-refractivity contribution < 1.29 is 9.13 Å². The monoisotopic (exact) mass is 303 g/mol. The minimum absolute atomic E-state index is 0.301. The van der Waals surface area contributed by atoms with Gasteiger partial charge in [0, 0.05) is 32.8 Å². The number of methoxy groups -OCH3 is 1. The maximum atomic E-state index is 13.5. The van der Waals surface area contributed by atoms with Gasteiger partial charge in [-0.05, 0) is 28.7 Å². The van der Waals surface area contributed by atoms with Gasteiger partial charge >= 0.3 is 0 Å². The van der Waals surface area contributed by atoms with Gasteiger partial charge in [-0.2, -0.15) is 0 Å². The van der Waals surface area contributed by atoms with Crippen molar-refractivity contribution in [3.63, 3.8) is 0 Å². The van der Waals surface area contributed by atoms with Crippen LogP contribution in [-0.4, -0.2) is 12.1 Å². The van der Waals surface area contributed by atoms with E-state index in [2.05, 4.69) is 27.6 Å². The molecule has 4 heteroatoms. The molecule has 0 amide bonds. The highest BCUT2D eigenvalue weighted by Crippen LogP contribution is 2.26. The van der Waals surface area contributed by atoms with E-state index < -0.39 is 0 Å². The van der Waals surface area contributed by atoms with Crippen molar-refractivity contribution in [1.82, 2.24) is 4.98 Å². The zero-order valence-electron chi connectivity index (χ0n) is 7.42. The van der Waals surface area contributed by atoms with E-state index in [1.54, 1.807) is 6.20 Å². The molecule has 14 heavy (non-hydrogen) atoms. The summed E-state index contributed by atoms with van der Waals surface area (Å²) in [4.78, 5) is 3.94. The van der Waals surface area contributed by atoms with Crippen molar-refractivity contribution in [1.29, 1.82) is 0 Å². The molecule has 0 unspecified atom stereocenters. The fourth-order valence-corrected chi connectivity index (χ4v) is 1.89. The second kappa shape index (κ2) is 3.68. The summed E-state index contributed by atoms with van der Waals surface area (Å²) in [5, 5.41) is 1.36. The van der Waals surface area contributed by atoms with Crippen LogP contribution < -0.4 is 4.74 Å². The van der Waals surface area contributed by atoms with E-state index in [1.807, 2.05) is 6.07 Å². The van der Waals surface area contributed by atoms with Crippen LogP contribution in [0.5, 0.6) is 5.75 Å². The van der Waals surface area contributed by atoms with Crippen molar-refractivity contribution in [2.45, 2.75) is 0 Å². The van der Waals surface area contributed by atoms with Gasteiger partial charge < -0.3 is 4.74 Å². The van der Waals surface area contributed by atoms with Gasteiger partial charge in [0.1, 0.15) is 11.6 Å². The normalized spacial score (nSPS) is 10.5. The van der Waals surface area contributed by atoms with Crippen LogP contribution in [0.1, 0.15) is 0 Å². The Morgan fingerprint density at radius 3 is 2.79 bits per heavy atom. The molecule has 1 heterocycles. The van der Waals surface area contributed by atoms with Crippen LogP contribution in [0.2, 0.25) is 0 Å². The lowest BCUT2D eigenvalue weighted by Gasteiger charge is -2.04. The van der Waals surface area contributed by atoms with Crippen LogP contribution in [0, 0.1) is 9.39 Å². The van der Waals surface area contributed by atoms with Crippen molar-refractivity contribution in [3.8, 4) is 5.75 Å². The van der Waals surface area contributed by atoms with E-state index in [1.165, 1.54) is 19.4 Å². The minimum atomic E-state index is -0.301. The van der Waals surface area contributed by atoms with Gasteiger partial charge in [-0.1, -0.05) is 0 Å². The molecule has 0 aliphatic rings. The zero-order chi connectivity index (χ0) is 10.1. The molecule has 72 valence electrons. The lowest BCUT2D eigenvalue weighted by atomic mass is 10.1. The molecular weight excluding hydrogens is 296 g/mol. The number of ether oxygens (including phenoxy) is 1. The molecule has 0 N–H and O–H groups in total. The van der Waals surface area contributed by atoms with Crippen LogP contribution in [0.25, 0.3) is 10.8 Å². The Morgan fingerprint density at radius 1 is 1.29 bits per heavy atom. The Labute approximate surface area is 94.2 Å². The van der Waals surface area contributed by atoms with Crippen LogP contribution in [0.3, 0.4) is 0 Å². The summed E-state index contributed by atoms with van der Waals surface area (Å²) in [6.45, 7) is 0. The quantitative estimate of drug-likeness (QED) is 0.756. The van der Waals surface area contributed by atoms with Crippen molar-refractivity contribution >= 4 is 33.4 Å². The molecule has 0 atom stereocenters. The maximum absolute atomic E-state index is 13.5. The minimum Gasteiger partial charge on any atom is -0.497 e. The molecule has 0 fully saturated rings. The van der Waals surface area contributed by atoms with Gasteiger partial charge in [0.2, 0.25) is 0 Å². The van der Waals surface area contributed by atoms with E-state index in [0.29, 0.717) is 11.1 Å². The largest absolute Gasteiger partial charge is 0.497 e. The number of rotatable bonds is 1. The first-order valence-electron chi connectivity index (χ1n) is 3.99. The Bertz CT molecular complexity index is 487. The van der Waals surface area contributed by atoms with Crippen LogP contribution in [-0.2, 0) is 0 Å². The topological polar surface area (TPSA) is 22.1 Å². The van der Waals surface area contributed by atoms with Gasteiger partial charge in [0.05, 0.1) is 7.11 Å². The predicted octanol–water partition coefficient (Wildman–Crippen LogP) is 2.99. The molecule has 0 saturated heterocycles. The summed E-state index contributed by atoms with van der Waals surface area (Å²) in [6.07, 6.45) is 3.22. The van der Waals surface area contributed by atoms with Crippen molar-refractivity contribution in [3.05, 3.63) is 33.9 Å². The molecule has 0 saturated carbocycles. The lowest BCUT2D eigenvalue weighted by molar-refractivity contribution is 0.412. The van der Waals surface area contributed by atoms with Gasteiger partial charge in [-0.25, -0.2) is 4.39 Å². The maximum Gasteiger partial charge on any atom is 0.136 e. The molecule has 0 spiro atoms. The number of halogens is 2. The highest BCUT2D eigenvalue weighted by Gasteiger charge is 2.06. The Morgan fingerprint density at radius 2 is 2.07 bits per heavy atom. The van der Waals surface area contributed by atoms with E-state index in [0.717, 1.165) is 8.96 Å². The van der Waals surface area contributed by atoms with Gasteiger partial charge in [-0.15, -0.1) is 0 Å². The Kier molecular flexibility index (Phi) is 2.54. The molecule has 0 aliphatic carbocycles. The predicted molar refractivity (Wildman–Crippen MR) is 61.0 cm³/mol. The molecule has 0 aliphatic heterocycles. The number of aromatic nitrogens is 1. The molecule has 0 bridgehead atoms. The average Bonchev–Trinajstić information content (AvgIpc) is 2.19. The van der Waals surface area contributed by atoms with Crippen LogP contribution >= 0.6 is 22.6 Å². The average molecular weight is 303 g/mol. The first kappa shape index (κ1) is 9.64. The molecule has 2 nitrogen and oxygen atoms in total. The molecule has 2 rings (SSSR count). The third-order valence-corrected chi connectivity index (χ3v) is 2.85. The summed E-state index contributed by atoms with van der Waals surface area (Å²) in [5.41, 5.74) is 0. The summed E-state index contributed by atoms with van der Waals surface area (Å²) in [6, 6.07) is 3.17. The highest BCUT2D eigenvalue weighted by atomic mass is 127. The summed E-state index contributed by atoms with van der Waals surface area (Å²) in [7, 11) is 1.52. The third kappa shape index (κ3) is 1.54. The van der Waals surface area contributed by atoms with Gasteiger partial charge in [-0.3, -0.25) is 4.98 Å². The number of hydrogen-bond acceptors (Lipinski definition) is 2. The summed E-state index contributed by atoms with van der Waals surface area (Å²) < 4.78 is 19.4. The van der Waals surface area contributed by atoms with E-state index in [4.69, 9.17) is 4.74 Å². The van der Waals surface area contributed by atoms with E-state index in [9.17, 15) is 4.39 Å². The Hall–Kier alpha value is -0.910. The van der Waals surface area contributed by atoms with Crippen LogP contribution in [0.15, 0.2) is 24.5 Å². The first-order valence-corrected chi connectivity index (χ1v) is 5.07. The number of hydrogen-bond donors (Lipinski definition) is 0. The van der Waals surface area contributed by atoms with Gasteiger partial charge in [0.15, 0.2) is 0 Å². The second-order valence-corrected chi connectivity index (χ2v) is 3.99. The molecule has 1 aromatic carbocycles. The van der Waals surface area contributed by atoms with E-state index >= 15 is 0 Å². The first-order chi connectivity index (χ1) is 6.72. The molecular formula is C10H7FINO. The van der Waals surface area contributed by atoms with Crippen molar-refractivity contribution in [2.75, 3.05) is 7.11 Å². The fraction of sp³-hybridized carbons (Fsp3) is 0.100. The van der Waals surface area contributed by atoms with Crippen LogP contribution in [0.4, 0.5) is 4.39 Å². The van der Waals surface area contributed by atoms with E-state index in [-0.39, 0.29) is 5.82 Å². The smallest absolute Gasteiger partial charge is 0.136 e. The van der Waals surface area contributed by atoms with Gasteiger partial charge in [0.25, 0.3) is 0 Å². The fourth-order valence-electron chi connectivity index (χ4n) is 1.29. The zero-order valence-corrected chi connectivity index (χ0v) is 9.58. The molecule has 0 radical (unpaired) electrons. The number of nitrogens with zero attached hydrogens (tertiary/aromatic N) is 1. The SMILES string of the molecule is COc1cc(F)c2cncc(I)c2c1. The Balaban J connectivity index is 2.83. The summed E-state index contributed by atoms with van der Waals surface area (Å²) in [5.74, 6) is 0.226. The lowest BCUT2D eigenvalue weighted by Crippen LogP contribution is -1.89. The molecule has 2 aromatic rings. The highest BCUT2D eigenvalue weighted by molar-refractivity contribution is 14.1. The third-order valence-electron chi connectivity index (χ3n) is 1.99.